The Morgan fingerprint density at radius 1 is 1.33 bits per heavy atom. The lowest BCUT2D eigenvalue weighted by atomic mass is 9.96. The predicted molar refractivity (Wildman–Crippen MR) is 82.1 cm³/mol. The number of rotatable bonds is 6. The van der Waals surface area contributed by atoms with Crippen LogP contribution in [0.1, 0.15) is 50.6 Å². The number of aryl methyl sites for hydroxylation is 1. The van der Waals surface area contributed by atoms with Gasteiger partial charge in [-0.25, -0.2) is 0 Å². The normalized spacial score (nSPS) is 17.2. The molecule has 0 aromatic carbocycles. The second-order valence-electron chi connectivity index (χ2n) is 5.63. The van der Waals surface area contributed by atoms with E-state index in [4.69, 9.17) is 5.73 Å². The van der Waals surface area contributed by atoms with Gasteiger partial charge in [0.05, 0.1) is 6.04 Å². The summed E-state index contributed by atoms with van der Waals surface area (Å²) in [6.07, 6.45) is 1.01. The number of hydrogen-bond donors (Lipinski definition) is 1. The third-order valence-corrected chi connectivity index (χ3v) is 5.18. The third kappa shape index (κ3) is 3.34. The molecule has 3 unspecified atom stereocenters. The molecule has 0 aliphatic heterocycles. The number of likely N-dealkylation sites (N-methyl/N-ethyl adjacent to an activating group) is 1. The van der Waals surface area contributed by atoms with Crippen LogP contribution in [0.5, 0.6) is 0 Å². The topological polar surface area (TPSA) is 29.3 Å². The monoisotopic (exact) mass is 268 g/mol. The van der Waals surface area contributed by atoms with Gasteiger partial charge in [0.15, 0.2) is 0 Å². The van der Waals surface area contributed by atoms with Gasteiger partial charge in [-0.3, -0.25) is 4.90 Å². The largest absolute Gasteiger partial charge is 0.326 e. The number of nitrogens with zero attached hydrogens (tertiary/aromatic N) is 1. The van der Waals surface area contributed by atoms with Gasteiger partial charge in [0.2, 0.25) is 0 Å². The minimum absolute atomic E-state index is 0.202. The van der Waals surface area contributed by atoms with Crippen molar-refractivity contribution in [3.05, 3.63) is 21.9 Å². The molecule has 2 N–H and O–H groups in total. The molecule has 1 rings (SSSR count). The van der Waals surface area contributed by atoms with Gasteiger partial charge in [0.1, 0.15) is 0 Å². The van der Waals surface area contributed by atoms with E-state index in [1.54, 1.807) is 0 Å². The van der Waals surface area contributed by atoms with E-state index in [1.165, 1.54) is 10.4 Å². The quantitative estimate of drug-likeness (QED) is 0.850. The summed E-state index contributed by atoms with van der Waals surface area (Å²) >= 11 is 1.84. The number of thiophene rings is 1. The summed E-state index contributed by atoms with van der Waals surface area (Å²) in [5, 5.41) is 2.17. The highest BCUT2D eigenvalue weighted by molar-refractivity contribution is 7.10. The Bertz CT molecular complexity index is 359. The molecule has 0 spiro atoms. The molecule has 0 saturated heterocycles. The maximum atomic E-state index is 6.38. The smallest absolute Gasteiger partial charge is 0.0595 e. The average Bonchev–Trinajstić information content (AvgIpc) is 2.74. The first-order valence-electron chi connectivity index (χ1n) is 6.91. The summed E-state index contributed by atoms with van der Waals surface area (Å²) in [5.74, 6) is 0.641. The van der Waals surface area contributed by atoms with Crippen molar-refractivity contribution >= 4 is 11.3 Å². The highest BCUT2D eigenvalue weighted by atomic mass is 32.1. The fourth-order valence-electron chi connectivity index (χ4n) is 2.32. The minimum atomic E-state index is 0.202. The van der Waals surface area contributed by atoms with Crippen molar-refractivity contribution in [3.63, 3.8) is 0 Å². The summed E-state index contributed by atoms with van der Waals surface area (Å²) in [6.45, 7) is 11.2. The van der Waals surface area contributed by atoms with E-state index in [-0.39, 0.29) is 6.04 Å². The van der Waals surface area contributed by atoms with Gasteiger partial charge in [-0.1, -0.05) is 20.8 Å². The van der Waals surface area contributed by atoms with E-state index >= 15 is 0 Å². The van der Waals surface area contributed by atoms with Crippen molar-refractivity contribution in [1.29, 1.82) is 0 Å². The van der Waals surface area contributed by atoms with Crippen molar-refractivity contribution in [2.45, 2.75) is 59.2 Å². The highest BCUT2D eigenvalue weighted by Crippen LogP contribution is 2.33. The van der Waals surface area contributed by atoms with E-state index in [1.807, 2.05) is 11.3 Å². The second kappa shape index (κ2) is 6.69. The van der Waals surface area contributed by atoms with Gasteiger partial charge in [-0.2, -0.15) is 0 Å². The van der Waals surface area contributed by atoms with Gasteiger partial charge in [-0.05, 0) is 50.2 Å². The molecule has 104 valence electrons. The van der Waals surface area contributed by atoms with Crippen LogP contribution in [0.3, 0.4) is 0 Å². The van der Waals surface area contributed by atoms with Crippen molar-refractivity contribution in [2.24, 2.45) is 11.7 Å². The SMILES string of the molecule is CCC(N)C(c1sccc1C)N(C)C(C)C(C)C. The molecule has 2 nitrogen and oxygen atoms in total. The van der Waals surface area contributed by atoms with E-state index in [9.17, 15) is 0 Å². The van der Waals surface area contributed by atoms with Crippen LogP contribution in [0.15, 0.2) is 11.4 Å². The standard InChI is InChI=1S/C15H28N2S/c1-7-13(16)14(15-11(4)8-9-18-15)17(6)12(5)10(2)3/h8-10,12-14H,7,16H2,1-6H3. The van der Waals surface area contributed by atoms with Gasteiger partial charge < -0.3 is 5.73 Å². The van der Waals surface area contributed by atoms with Crippen LogP contribution in [0.25, 0.3) is 0 Å². The maximum absolute atomic E-state index is 6.38. The molecular formula is C15H28N2S. The van der Waals surface area contributed by atoms with Crippen LogP contribution in [-0.2, 0) is 0 Å². The van der Waals surface area contributed by atoms with Crippen LogP contribution in [0.2, 0.25) is 0 Å². The summed E-state index contributed by atoms with van der Waals surface area (Å²) < 4.78 is 0. The predicted octanol–water partition coefficient (Wildman–Crippen LogP) is 3.81. The lowest BCUT2D eigenvalue weighted by Crippen LogP contribution is -2.44. The van der Waals surface area contributed by atoms with Crippen LogP contribution in [0, 0.1) is 12.8 Å². The van der Waals surface area contributed by atoms with Crippen molar-refractivity contribution in [2.75, 3.05) is 7.05 Å². The fourth-order valence-corrected chi connectivity index (χ4v) is 3.47. The zero-order chi connectivity index (χ0) is 13.9. The van der Waals surface area contributed by atoms with Crippen LogP contribution >= 0.6 is 11.3 Å². The molecule has 0 saturated carbocycles. The zero-order valence-electron chi connectivity index (χ0n) is 12.6. The van der Waals surface area contributed by atoms with E-state index in [0.29, 0.717) is 18.0 Å². The first-order valence-corrected chi connectivity index (χ1v) is 7.79. The molecule has 1 heterocycles. The Kier molecular flexibility index (Phi) is 5.83. The zero-order valence-corrected chi connectivity index (χ0v) is 13.4. The van der Waals surface area contributed by atoms with Crippen molar-refractivity contribution in [3.8, 4) is 0 Å². The molecule has 0 radical (unpaired) electrons. The molecular weight excluding hydrogens is 240 g/mol. The molecule has 0 amide bonds. The third-order valence-electron chi connectivity index (χ3n) is 4.09. The first kappa shape index (κ1) is 15.7. The molecule has 0 aliphatic carbocycles. The average molecular weight is 268 g/mol. The fraction of sp³-hybridized carbons (Fsp3) is 0.733. The van der Waals surface area contributed by atoms with Crippen LogP contribution < -0.4 is 5.73 Å². The summed E-state index contributed by atoms with van der Waals surface area (Å²) in [5.41, 5.74) is 7.75. The molecule has 18 heavy (non-hydrogen) atoms. The van der Waals surface area contributed by atoms with Crippen LogP contribution in [-0.4, -0.2) is 24.0 Å². The number of hydrogen-bond acceptors (Lipinski definition) is 3. The maximum Gasteiger partial charge on any atom is 0.0595 e. The van der Waals surface area contributed by atoms with Gasteiger partial charge >= 0.3 is 0 Å². The molecule has 0 aliphatic rings. The number of nitrogens with two attached hydrogens (primary N) is 1. The summed E-state index contributed by atoms with van der Waals surface area (Å²) in [6, 6.07) is 3.28. The van der Waals surface area contributed by atoms with E-state index < -0.39 is 0 Å². The first-order chi connectivity index (χ1) is 8.40. The Morgan fingerprint density at radius 2 is 1.94 bits per heavy atom. The summed E-state index contributed by atoms with van der Waals surface area (Å²) in [7, 11) is 2.21. The molecule has 0 fully saturated rings. The molecule has 3 heteroatoms. The lowest BCUT2D eigenvalue weighted by Gasteiger charge is -2.38. The second-order valence-corrected chi connectivity index (χ2v) is 6.58. The van der Waals surface area contributed by atoms with Gasteiger partial charge in [-0.15, -0.1) is 11.3 Å². The molecule has 1 aromatic rings. The van der Waals surface area contributed by atoms with Crippen molar-refractivity contribution in [1.82, 2.24) is 4.90 Å². The van der Waals surface area contributed by atoms with Gasteiger partial charge in [0, 0.05) is 17.0 Å². The Morgan fingerprint density at radius 3 is 2.33 bits per heavy atom. The van der Waals surface area contributed by atoms with Gasteiger partial charge in [0.25, 0.3) is 0 Å². The molecule has 1 aromatic heterocycles. The van der Waals surface area contributed by atoms with E-state index in [0.717, 1.165) is 6.42 Å². The Labute approximate surface area is 116 Å². The Hall–Kier alpha value is -0.380. The summed E-state index contributed by atoms with van der Waals surface area (Å²) in [4.78, 5) is 3.89. The lowest BCUT2D eigenvalue weighted by molar-refractivity contribution is 0.129. The molecule has 3 atom stereocenters. The minimum Gasteiger partial charge on any atom is -0.326 e. The highest BCUT2D eigenvalue weighted by Gasteiger charge is 2.29. The van der Waals surface area contributed by atoms with Crippen LogP contribution in [0.4, 0.5) is 0 Å². The molecule has 0 bridgehead atoms. The van der Waals surface area contributed by atoms with Crippen molar-refractivity contribution < 1.29 is 0 Å². The Balaban J connectivity index is 3.03. The van der Waals surface area contributed by atoms with E-state index in [2.05, 4.69) is 58.0 Å².